The molecule has 1 N–H and O–H groups in total. The molecule has 0 bridgehead atoms. The molecule has 12 heavy (non-hydrogen) atoms. The van der Waals surface area contributed by atoms with Crippen molar-refractivity contribution in [3.05, 3.63) is 35.9 Å². The third-order valence-corrected chi connectivity index (χ3v) is 1.81. The van der Waals surface area contributed by atoms with Crippen LogP contribution in [0.5, 0.6) is 0 Å². The van der Waals surface area contributed by atoms with Crippen LogP contribution in [0, 0.1) is 0 Å². The molecule has 1 rings (SSSR count). The lowest BCUT2D eigenvalue weighted by molar-refractivity contribution is -0.112. The minimum atomic E-state index is -0.670. The Hall–Kier alpha value is -0.720. The first-order chi connectivity index (χ1) is 5.70. The fourth-order valence-electron chi connectivity index (χ4n) is 0.984. The number of carbonyl (C=O) groups excluding carboxylic acids is 1. The summed E-state index contributed by atoms with van der Waals surface area (Å²) in [5.41, 5.74) is 0.708. The Balaban J connectivity index is 2.65. The zero-order valence-corrected chi connectivity index (χ0v) is 7.76. The average Bonchev–Trinajstić information content (AvgIpc) is 2.05. The van der Waals surface area contributed by atoms with E-state index in [0.29, 0.717) is 0 Å². The van der Waals surface area contributed by atoms with Crippen LogP contribution in [-0.4, -0.2) is 10.6 Å². The van der Waals surface area contributed by atoms with E-state index in [0.717, 1.165) is 5.56 Å². The van der Waals surface area contributed by atoms with Crippen molar-refractivity contribution >= 4 is 14.8 Å². The number of aliphatic hydroxyl groups is 1. The first kappa shape index (κ1) is 9.37. The second kappa shape index (κ2) is 4.34. The van der Waals surface area contributed by atoms with Gasteiger partial charge in [0, 0.05) is 6.42 Å². The summed E-state index contributed by atoms with van der Waals surface area (Å²) in [7, 11) is 2.05. The van der Waals surface area contributed by atoms with E-state index >= 15 is 0 Å². The fraction of sp³-hybridized carbons (Fsp3) is 0.222. The summed E-state index contributed by atoms with van der Waals surface area (Å²) in [5.74, 6) is 0. The molecule has 0 spiro atoms. The predicted octanol–water partition coefficient (Wildman–Crippen LogP) is 1.51. The summed E-state index contributed by atoms with van der Waals surface area (Å²) >= 11 is 0. The summed E-state index contributed by atoms with van der Waals surface area (Å²) < 4.78 is 0. The number of carbonyl (C=O) groups is 1. The smallest absolute Gasteiger partial charge is 0.151 e. The molecule has 2 unspecified atom stereocenters. The van der Waals surface area contributed by atoms with Crippen molar-refractivity contribution < 1.29 is 9.90 Å². The van der Waals surface area contributed by atoms with E-state index in [9.17, 15) is 9.90 Å². The summed E-state index contributed by atoms with van der Waals surface area (Å²) in [6.07, 6.45) is -0.509. The molecule has 0 aliphatic carbocycles. The Bertz CT molecular complexity index is 258. The van der Waals surface area contributed by atoms with Gasteiger partial charge >= 0.3 is 0 Å². The summed E-state index contributed by atoms with van der Waals surface area (Å²) in [6, 6.07) is 9.16. The maximum Gasteiger partial charge on any atom is 0.151 e. The minimum absolute atomic E-state index is 0.0775. The lowest BCUT2D eigenvalue weighted by Crippen LogP contribution is -2.00. The standard InChI is InChI=1S/C9H11O2P/c10-8(6-9(11)12)7-4-2-1-3-5-7/h1-5,8,10H,6,12H2. The van der Waals surface area contributed by atoms with Gasteiger partial charge in [-0.15, -0.1) is 0 Å². The van der Waals surface area contributed by atoms with Crippen molar-refractivity contribution in [3.63, 3.8) is 0 Å². The Kier molecular flexibility index (Phi) is 3.39. The van der Waals surface area contributed by atoms with E-state index in [1.54, 1.807) is 12.1 Å². The van der Waals surface area contributed by atoms with E-state index in [1.807, 2.05) is 18.2 Å². The Morgan fingerprint density at radius 3 is 2.50 bits per heavy atom. The second-order valence-electron chi connectivity index (χ2n) is 2.60. The van der Waals surface area contributed by atoms with E-state index in [4.69, 9.17) is 0 Å². The van der Waals surface area contributed by atoms with Gasteiger partial charge in [0.2, 0.25) is 0 Å². The van der Waals surface area contributed by atoms with E-state index in [-0.39, 0.29) is 11.9 Å². The van der Waals surface area contributed by atoms with Crippen molar-refractivity contribution in [1.29, 1.82) is 0 Å². The number of benzene rings is 1. The lowest BCUT2D eigenvalue weighted by atomic mass is 10.1. The number of hydrogen-bond acceptors (Lipinski definition) is 2. The van der Waals surface area contributed by atoms with Gasteiger partial charge in [-0.2, -0.15) is 0 Å². The average molecular weight is 182 g/mol. The Morgan fingerprint density at radius 1 is 1.42 bits per heavy atom. The van der Waals surface area contributed by atoms with Crippen LogP contribution >= 0.6 is 9.24 Å². The van der Waals surface area contributed by atoms with Crippen molar-refractivity contribution in [2.45, 2.75) is 12.5 Å². The highest BCUT2D eigenvalue weighted by atomic mass is 31.0. The fourth-order valence-corrected chi connectivity index (χ4v) is 1.21. The van der Waals surface area contributed by atoms with Crippen LogP contribution in [0.1, 0.15) is 18.1 Å². The monoisotopic (exact) mass is 182 g/mol. The van der Waals surface area contributed by atoms with Crippen LogP contribution < -0.4 is 0 Å². The second-order valence-corrected chi connectivity index (χ2v) is 3.24. The Morgan fingerprint density at radius 2 is 2.00 bits per heavy atom. The van der Waals surface area contributed by atoms with E-state index in [2.05, 4.69) is 9.24 Å². The van der Waals surface area contributed by atoms with Gasteiger partial charge in [-0.05, 0) is 5.56 Å². The van der Waals surface area contributed by atoms with Crippen LogP contribution in [0.4, 0.5) is 0 Å². The quantitative estimate of drug-likeness (QED) is 0.719. The molecule has 0 aromatic heterocycles. The highest BCUT2D eigenvalue weighted by Gasteiger charge is 2.08. The highest BCUT2D eigenvalue weighted by molar-refractivity contribution is 7.40. The molecule has 3 heteroatoms. The van der Waals surface area contributed by atoms with Gasteiger partial charge < -0.3 is 5.11 Å². The summed E-state index contributed by atoms with van der Waals surface area (Å²) in [4.78, 5) is 10.6. The summed E-state index contributed by atoms with van der Waals surface area (Å²) in [5, 5.41) is 9.46. The Labute approximate surface area is 73.8 Å². The van der Waals surface area contributed by atoms with Crippen molar-refractivity contribution in [2.75, 3.05) is 0 Å². The zero-order chi connectivity index (χ0) is 8.97. The largest absolute Gasteiger partial charge is 0.388 e. The zero-order valence-electron chi connectivity index (χ0n) is 6.60. The van der Waals surface area contributed by atoms with Gasteiger partial charge in [0.15, 0.2) is 5.52 Å². The van der Waals surface area contributed by atoms with Gasteiger partial charge in [-0.1, -0.05) is 39.6 Å². The number of rotatable bonds is 3. The molecular formula is C9H11O2P. The van der Waals surface area contributed by atoms with Gasteiger partial charge in [-0.25, -0.2) is 0 Å². The van der Waals surface area contributed by atoms with Gasteiger partial charge in [0.25, 0.3) is 0 Å². The molecule has 64 valence electrons. The molecular weight excluding hydrogens is 171 g/mol. The molecule has 0 aliphatic heterocycles. The van der Waals surface area contributed by atoms with Crippen molar-refractivity contribution in [3.8, 4) is 0 Å². The molecule has 0 fully saturated rings. The molecule has 0 heterocycles. The van der Waals surface area contributed by atoms with Gasteiger partial charge in [-0.3, -0.25) is 4.79 Å². The van der Waals surface area contributed by atoms with Gasteiger partial charge in [0.05, 0.1) is 6.10 Å². The predicted molar refractivity (Wildman–Crippen MR) is 50.7 cm³/mol. The van der Waals surface area contributed by atoms with Crippen LogP contribution in [0.2, 0.25) is 0 Å². The first-order valence-electron chi connectivity index (χ1n) is 3.71. The van der Waals surface area contributed by atoms with Crippen LogP contribution in [0.25, 0.3) is 0 Å². The molecule has 1 aromatic carbocycles. The van der Waals surface area contributed by atoms with Crippen LogP contribution in [0.15, 0.2) is 30.3 Å². The maximum atomic E-state index is 10.6. The molecule has 0 aliphatic rings. The first-order valence-corrected chi connectivity index (χ1v) is 4.29. The third kappa shape index (κ3) is 2.72. The molecule has 0 saturated heterocycles. The number of aliphatic hydroxyl groups excluding tert-OH is 1. The number of hydrogen-bond donors (Lipinski definition) is 1. The normalized spacial score (nSPS) is 12.5. The van der Waals surface area contributed by atoms with Crippen molar-refractivity contribution in [2.24, 2.45) is 0 Å². The molecule has 0 radical (unpaired) electrons. The van der Waals surface area contributed by atoms with Crippen LogP contribution in [-0.2, 0) is 4.79 Å². The van der Waals surface area contributed by atoms with Crippen LogP contribution in [0.3, 0.4) is 0 Å². The third-order valence-electron chi connectivity index (χ3n) is 1.58. The maximum absolute atomic E-state index is 10.6. The topological polar surface area (TPSA) is 37.3 Å². The molecule has 2 nitrogen and oxygen atoms in total. The SMILES string of the molecule is O=C(P)CC(O)c1ccccc1. The lowest BCUT2D eigenvalue weighted by Gasteiger charge is -2.07. The molecule has 2 atom stereocenters. The van der Waals surface area contributed by atoms with Crippen molar-refractivity contribution in [1.82, 2.24) is 0 Å². The highest BCUT2D eigenvalue weighted by Crippen LogP contribution is 2.17. The van der Waals surface area contributed by atoms with Gasteiger partial charge in [0.1, 0.15) is 0 Å². The molecule has 1 aromatic rings. The van der Waals surface area contributed by atoms with E-state index < -0.39 is 6.10 Å². The molecule has 0 amide bonds. The molecule has 0 saturated carbocycles. The summed E-state index contributed by atoms with van der Waals surface area (Å²) in [6.45, 7) is 0. The minimum Gasteiger partial charge on any atom is -0.388 e. The van der Waals surface area contributed by atoms with E-state index in [1.165, 1.54) is 0 Å².